The van der Waals surface area contributed by atoms with E-state index < -0.39 is 0 Å². The summed E-state index contributed by atoms with van der Waals surface area (Å²) >= 11 is 0. The second-order valence-corrected chi connectivity index (χ2v) is 6.97. The van der Waals surface area contributed by atoms with E-state index in [1.54, 1.807) is 0 Å². The lowest BCUT2D eigenvalue weighted by Crippen LogP contribution is -2.39. The average molecular weight is 269 g/mol. The van der Waals surface area contributed by atoms with E-state index in [2.05, 4.69) is 49.7 Å². The summed E-state index contributed by atoms with van der Waals surface area (Å²) in [6, 6.07) is 0. The maximum Gasteiger partial charge on any atom is 0.00966 e. The lowest BCUT2D eigenvalue weighted by Gasteiger charge is -2.24. The molecule has 19 heavy (non-hydrogen) atoms. The molecule has 0 radical (unpaired) electrons. The highest BCUT2D eigenvalue weighted by Crippen LogP contribution is 2.16. The molecule has 1 unspecified atom stereocenters. The van der Waals surface area contributed by atoms with Gasteiger partial charge in [0.15, 0.2) is 0 Å². The number of hydrogen-bond acceptors (Lipinski definition) is 3. The SMILES string of the molecule is CCN(CC)CCCN1CCC(CNC(C)(C)C)C1. The fraction of sp³-hybridized carbons (Fsp3) is 1.00. The molecule has 1 aliphatic heterocycles. The van der Waals surface area contributed by atoms with Crippen LogP contribution in [0.2, 0.25) is 0 Å². The van der Waals surface area contributed by atoms with Gasteiger partial charge in [-0.3, -0.25) is 0 Å². The number of nitrogens with one attached hydrogen (secondary N) is 1. The van der Waals surface area contributed by atoms with Gasteiger partial charge in [-0.1, -0.05) is 13.8 Å². The molecule has 0 saturated carbocycles. The van der Waals surface area contributed by atoms with Gasteiger partial charge in [-0.15, -0.1) is 0 Å². The second kappa shape index (κ2) is 8.23. The van der Waals surface area contributed by atoms with Crippen LogP contribution in [-0.4, -0.2) is 61.2 Å². The maximum atomic E-state index is 3.64. The molecule has 1 N–H and O–H groups in total. The molecule has 1 saturated heterocycles. The quantitative estimate of drug-likeness (QED) is 0.730. The summed E-state index contributed by atoms with van der Waals surface area (Å²) in [7, 11) is 0. The van der Waals surface area contributed by atoms with Crippen molar-refractivity contribution >= 4 is 0 Å². The predicted octanol–water partition coefficient (Wildman–Crippen LogP) is 2.43. The van der Waals surface area contributed by atoms with Crippen molar-refractivity contribution in [3.8, 4) is 0 Å². The Hall–Kier alpha value is -0.120. The summed E-state index contributed by atoms with van der Waals surface area (Å²) in [5, 5.41) is 3.64. The van der Waals surface area contributed by atoms with Crippen LogP contribution in [0.5, 0.6) is 0 Å². The molecule has 1 aliphatic rings. The summed E-state index contributed by atoms with van der Waals surface area (Å²) in [4.78, 5) is 5.17. The smallest absolute Gasteiger partial charge is 0.00966 e. The highest BCUT2D eigenvalue weighted by atomic mass is 15.2. The van der Waals surface area contributed by atoms with Crippen molar-refractivity contribution in [1.29, 1.82) is 0 Å². The first-order valence-electron chi connectivity index (χ1n) is 8.14. The highest BCUT2D eigenvalue weighted by molar-refractivity contribution is 4.80. The van der Waals surface area contributed by atoms with Gasteiger partial charge in [0.1, 0.15) is 0 Å². The van der Waals surface area contributed by atoms with Crippen LogP contribution in [0.1, 0.15) is 47.5 Å². The fourth-order valence-electron chi connectivity index (χ4n) is 2.79. The lowest BCUT2D eigenvalue weighted by atomic mass is 10.1. The minimum absolute atomic E-state index is 0.260. The molecule has 3 nitrogen and oxygen atoms in total. The van der Waals surface area contributed by atoms with Gasteiger partial charge in [-0.05, 0) is 78.8 Å². The standard InChI is InChI=1S/C16H35N3/c1-6-18(7-2)10-8-11-19-12-9-15(14-19)13-17-16(3,4)5/h15,17H,6-14H2,1-5H3. The van der Waals surface area contributed by atoms with E-state index in [-0.39, 0.29) is 5.54 Å². The monoisotopic (exact) mass is 269 g/mol. The Balaban J connectivity index is 2.11. The third kappa shape index (κ3) is 7.28. The Labute approximate surface area is 120 Å². The van der Waals surface area contributed by atoms with Crippen LogP contribution >= 0.6 is 0 Å². The molecule has 0 bridgehead atoms. The predicted molar refractivity (Wildman–Crippen MR) is 84.7 cm³/mol. The third-order valence-corrected chi connectivity index (χ3v) is 4.13. The van der Waals surface area contributed by atoms with Crippen LogP contribution in [0.3, 0.4) is 0 Å². The second-order valence-electron chi connectivity index (χ2n) is 6.97. The Morgan fingerprint density at radius 3 is 2.47 bits per heavy atom. The topological polar surface area (TPSA) is 18.5 Å². The fourth-order valence-corrected chi connectivity index (χ4v) is 2.79. The van der Waals surface area contributed by atoms with Crippen molar-refractivity contribution < 1.29 is 0 Å². The molecule has 0 spiro atoms. The Morgan fingerprint density at radius 1 is 1.21 bits per heavy atom. The van der Waals surface area contributed by atoms with Gasteiger partial charge < -0.3 is 15.1 Å². The molecule has 0 amide bonds. The molecule has 0 aromatic rings. The van der Waals surface area contributed by atoms with Crippen LogP contribution in [0.15, 0.2) is 0 Å². The zero-order valence-corrected chi connectivity index (χ0v) is 13.8. The van der Waals surface area contributed by atoms with E-state index in [0.717, 1.165) is 5.92 Å². The summed E-state index contributed by atoms with van der Waals surface area (Å²) in [5.74, 6) is 0.854. The van der Waals surface area contributed by atoms with Crippen LogP contribution < -0.4 is 5.32 Å². The van der Waals surface area contributed by atoms with Gasteiger partial charge >= 0.3 is 0 Å². The van der Waals surface area contributed by atoms with Crippen molar-refractivity contribution in [3.63, 3.8) is 0 Å². The largest absolute Gasteiger partial charge is 0.312 e. The van der Waals surface area contributed by atoms with Gasteiger partial charge in [0.25, 0.3) is 0 Å². The summed E-state index contributed by atoms with van der Waals surface area (Å²) < 4.78 is 0. The van der Waals surface area contributed by atoms with Gasteiger partial charge in [0.2, 0.25) is 0 Å². The number of hydrogen-bond donors (Lipinski definition) is 1. The molecular weight excluding hydrogens is 234 g/mol. The maximum absolute atomic E-state index is 3.64. The van der Waals surface area contributed by atoms with E-state index in [9.17, 15) is 0 Å². The number of nitrogens with zero attached hydrogens (tertiary/aromatic N) is 2. The van der Waals surface area contributed by atoms with Gasteiger partial charge in [-0.25, -0.2) is 0 Å². The average Bonchev–Trinajstić information content (AvgIpc) is 2.79. The summed E-state index contributed by atoms with van der Waals surface area (Å²) in [6.45, 7) is 20.0. The lowest BCUT2D eigenvalue weighted by molar-refractivity contribution is 0.257. The molecular formula is C16H35N3. The van der Waals surface area contributed by atoms with Crippen LogP contribution in [0, 0.1) is 5.92 Å². The van der Waals surface area contributed by atoms with Gasteiger partial charge in [0, 0.05) is 12.1 Å². The van der Waals surface area contributed by atoms with Crippen LogP contribution in [0.25, 0.3) is 0 Å². The van der Waals surface area contributed by atoms with Crippen molar-refractivity contribution in [2.45, 2.75) is 53.0 Å². The van der Waals surface area contributed by atoms with Gasteiger partial charge in [0.05, 0.1) is 0 Å². The molecule has 0 aromatic heterocycles. The Kier molecular flexibility index (Phi) is 7.33. The van der Waals surface area contributed by atoms with E-state index in [1.807, 2.05) is 0 Å². The van der Waals surface area contributed by atoms with E-state index in [1.165, 1.54) is 58.7 Å². The first-order valence-corrected chi connectivity index (χ1v) is 8.14. The first-order chi connectivity index (χ1) is 8.94. The minimum atomic E-state index is 0.260. The summed E-state index contributed by atoms with van der Waals surface area (Å²) in [6.07, 6.45) is 2.69. The third-order valence-electron chi connectivity index (χ3n) is 4.13. The molecule has 1 rings (SSSR count). The highest BCUT2D eigenvalue weighted by Gasteiger charge is 2.23. The van der Waals surface area contributed by atoms with Crippen molar-refractivity contribution in [3.05, 3.63) is 0 Å². The molecule has 1 atom stereocenters. The molecule has 3 heteroatoms. The summed E-state index contributed by atoms with van der Waals surface area (Å²) in [5.41, 5.74) is 0.260. The molecule has 114 valence electrons. The molecule has 1 fully saturated rings. The van der Waals surface area contributed by atoms with Crippen LogP contribution in [0.4, 0.5) is 0 Å². The van der Waals surface area contributed by atoms with Crippen molar-refractivity contribution in [2.24, 2.45) is 5.92 Å². The number of likely N-dealkylation sites (tertiary alicyclic amines) is 1. The van der Waals surface area contributed by atoms with Gasteiger partial charge in [-0.2, -0.15) is 0 Å². The zero-order chi connectivity index (χ0) is 14.3. The van der Waals surface area contributed by atoms with E-state index in [4.69, 9.17) is 0 Å². The Morgan fingerprint density at radius 2 is 1.89 bits per heavy atom. The van der Waals surface area contributed by atoms with Crippen molar-refractivity contribution in [2.75, 3.05) is 45.8 Å². The van der Waals surface area contributed by atoms with Crippen LogP contribution in [-0.2, 0) is 0 Å². The van der Waals surface area contributed by atoms with E-state index in [0.29, 0.717) is 0 Å². The van der Waals surface area contributed by atoms with Crippen molar-refractivity contribution in [1.82, 2.24) is 15.1 Å². The zero-order valence-electron chi connectivity index (χ0n) is 13.8. The Bertz CT molecular complexity index is 231. The molecule has 0 aromatic carbocycles. The van der Waals surface area contributed by atoms with E-state index >= 15 is 0 Å². The molecule has 0 aliphatic carbocycles. The number of rotatable bonds is 8. The molecule has 1 heterocycles. The first kappa shape index (κ1) is 16.9. The minimum Gasteiger partial charge on any atom is -0.312 e. The normalized spacial score (nSPS) is 21.5.